The van der Waals surface area contributed by atoms with Crippen LogP contribution in [0.5, 0.6) is 0 Å². The van der Waals surface area contributed by atoms with Gasteiger partial charge in [0.1, 0.15) is 0 Å². The van der Waals surface area contributed by atoms with E-state index in [-0.39, 0.29) is 0 Å². The summed E-state index contributed by atoms with van der Waals surface area (Å²) in [6.07, 6.45) is 12.0. The lowest BCUT2D eigenvalue weighted by Gasteiger charge is -2.02. The minimum Gasteiger partial charge on any atom is -0.373 e. The van der Waals surface area contributed by atoms with Gasteiger partial charge < -0.3 is 4.74 Å². The Hall–Kier alpha value is -0.560. The predicted octanol–water partition coefficient (Wildman–Crippen LogP) is 5.28. The van der Waals surface area contributed by atoms with Crippen molar-refractivity contribution in [1.29, 1.82) is 0 Å². The van der Waals surface area contributed by atoms with Crippen molar-refractivity contribution in [3.63, 3.8) is 0 Å². The maximum Gasteiger partial charge on any atom is 0.0654 e. The van der Waals surface area contributed by atoms with E-state index in [1.165, 1.54) is 49.7 Å². The molecule has 0 aromatic heterocycles. The van der Waals surface area contributed by atoms with Gasteiger partial charge in [0.05, 0.1) is 13.2 Å². The molecule has 0 aliphatic rings. The number of hydrogen-bond acceptors (Lipinski definition) is 1. The van der Waals surface area contributed by atoms with Crippen molar-refractivity contribution >= 4 is 0 Å². The van der Waals surface area contributed by atoms with Gasteiger partial charge in [0.2, 0.25) is 0 Å². The summed E-state index contributed by atoms with van der Waals surface area (Å²) in [5, 5.41) is 0. The Kier molecular flexibility index (Phi) is 11.5. The summed E-state index contributed by atoms with van der Waals surface area (Å²) >= 11 is 0. The van der Waals surface area contributed by atoms with Gasteiger partial charge in [-0.3, -0.25) is 0 Å². The van der Waals surface area contributed by atoms with Crippen LogP contribution in [0.3, 0.4) is 0 Å². The second-order valence-electron chi connectivity index (χ2n) is 4.85. The van der Waals surface area contributed by atoms with Crippen molar-refractivity contribution in [2.45, 2.75) is 66.2 Å². The fourth-order valence-electron chi connectivity index (χ4n) is 1.59. The van der Waals surface area contributed by atoms with Crippen LogP contribution in [-0.4, -0.2) is 13.2 Å². The highest BCUT2D eigenvalue weighted by atomic mass is 16.5. The van der Waals surface area contributed by atoms with E-state index in [2.05, 4.69) is 39.8 Å². The van der Waals surface area contributed by atoms with Gasteiger partial charge in [-0.1, -0.05) is 50.0 Å². The molecule has 17 heavy (non-hydrogen) atoms. The second-order valence-corrected chi connectivity index (χ2v) is 4.85. The van der Waals surface area contributed by atoms with E-state index in [1.54, 1.807) is 0 Å². The molecule has 0 atom stereocenters. The first-order valence-corrected chi connectivity index (χ1v) is 7.09. The van der Waals surface area contributed by atoms with Crippen LogP contribution in [0.2, 0.25) is 0 Å². The van der Waals surface area contributed by atoms with Gasteiger partial charge in [-0.05, 0) is 39.5 Å². The molecule has 0 saturated heterocycles. The molecule has 0 aliphatic carbocycles. The summed E-state index contributed by atoms with van der Waals surface area (Å²) in [6.45, 7) is 10.4. The van der Waals surface area contributed by atoms with Crippen molar-refractivity contribution in [3.05, 3.63) is 23.3 Å². The predicted molar refractivity (Wildman–Crippen MR) is 77.4 cm³/mol. The number of hydrogen-bond donors (Lipinski definition) is 0. The minimum atomic E-state index is 0.757. The van der Waals surface area contributed by atoms with Gasteiger partial charge >= 0.3 is 0 Å². The van der Waals surface area contributed by atoms with Crippen LogP contribution in [0.25, 0.3) is 0 Å². The molecule has 0 rings (SSSR count). The average Bonchev–Trinajstić information content (AvgIpc) is 2.33. The van der Waals surface area contributed by atoms with E-state index in [1.807, 2.05) is 0 Å². The molecule has 0 bridgehead atoms. The molecule has 0 unspecified atom stereocenters. The molecule has 0 heterocycles. The molecule has 0 fully saturated rings. The van der Waals surface area contributed by atoms with Gasteiger partial charge in [0, 0.05) is 0 Å². The Morgan fingerprint density at radius 3 is 1.59 bits per heavy atom. The highest BCUT2D eigenvalue weighted by Crippen LogP contribution is 2.07. The van der Waals surface area contributed by atoms with Gasteiger partial charge in [0.15, 0.2) is 0 Å². The van der Waals surface area contributed by atoms with E-state index in [0.29, 0.717) is 0 Å². The molecule has 0 aromatic carbocycles. The molecule has 0 N–H and O–H groups in total. The Labute approximate surface area is 108 Å². The molecule has 0 spiro atoms. The van der Waals surface area contributed by atoms with E-state index >= 15 is 0 Å². The molecular weight excluding hydrogens is 208 g/mol. The van der Waals surface area contributed by atoms with Crippen molar-refractivity contribution in [3.8, 4) is 0 Å². The Morgan fingerprint density at radius 2 is 1.24 bits per heavy atom. The number of allylic oxidation sites excluding steroid dienone is 2. The average molecular weight is 238 g/mol. The Bertz CT molecular complexity index is 202. The highest BCUT2D eigenvalue weighted by molar-refractivity contribution is 4.99. The molecule has 0 aromatic rings. The fraction of sp³-hybridized carbons (Fsp3) is 0.750. The molecule has 0 aliphatic heterocycles. The summed E-state index contributed by atoms with van der Waals surface area (Å²) < 4.78 is 5.58. The molecule has 0 saturated carbocycles. The van der Waals surface area contributed by atoms with Crippen molar-refractivity contribution in [2.75, 3.05) is 13.2 Å². The molecule has 0 radical (unpaired) electrons. The molecule has 0 amide bonds. The number of unbranched alkanes of at least 4 members (excludes halogenated alkanes) is 2. The van der Waals surface area contributed by atoms with Gasteiger partial charge in [0.25, 0.3) is 0 Å². The van der Waals surface area contributed by atoms with Gasteiger partial charge in [-0.25, -0.2) is 0 Å². The quantitative estimate of drug-likeness (QED) is 0.372. The lowest BCUT2D eigenvalue weighted by Crippen LogP contribution is -1.93. The first-order chi connectivity index (χ1) is 8.20. The first-order valence-electron chi connectivity index (χ1n) is 7.09. The van der Waals surface area contributed by atoms with E-state index in [0.717, 1.165) is 13.2 Å². The van der Waals surface area contributed by atoms with Crippen LogP contribution < -0.4 is 0 Å². The van der Waals surface area contributed by atoms with Crippen molar-refractivity contribution in [2.24, 2.45) is 0 Å². The maximum absolute atomic E-state index is 5.58. The van der Waals surface area contributed by atoms with Crippen LogP contribution in [0.4, 0.5) is 0 Å². The Morgan fingerprint density at radius 1 is 0.824 bits per heavy atom. The van der Waals surface area contributed by atoms with Crippen LogP contribution >= 0.6 is 0 Å². The van der Waals surface area contributed by atoms with Crippen LogP contribution in [0.1, 0.15) is 66.2 Å². The Balaban J connectivity index is 3.56. The molecule has 100 valence electrons. The zero-order valence-electron chi connectivity index (χ0n) is 12.2. The standard InChI is InChI=1S/C16H30O/c1-5-7-9-15(3)11-13-17-14-12-16(4)10-8-6-2/h11-12H,5-10,13-14H2,1-4H3. The molecule has 1 heteroatoms. The van der Waals surface area contributed by atoms with E-state index in [9.17, 15) is 0 Å². The number of rotatable bonds is 10. The number of ether oxygens (including phenoxy) is 1. The third kappa shape index (κ3) is 11.7. The zero-order chi connectivity index (χ0) is 12.9. The smallest absolute Gasteiger partial charge is 0.0654 e. The third-order valence-electron chi connectivity index (χ3n) is 2.95. The normalized spacial score (nSPS) is 13.2. The summed E-state index contributed by atoms with van der Waals surface area (Å²) in [5.41, 5.74) is 2.91. The summed E-state index contributed by atoms with van der Waals surface area (Å²) in [7, 11) is 0. The van der Waals surface area contributed by atoms with Crippen LogP contribution in [0.15, 0.2) is 23.3 Å². The van der Waals surface area contributed by atoms with Gasteiger partial charge in [-0.15, -0.1) is 0 Å². The topological polar surface area (TPSA) is 9.23 Å². The van der Waals surface area contributed by atoms with Crippen LogP contribution in [-0.2, 0) is 4.74 Å². The molecule has 1 nitrogen and oxygen atoms in total. The zero-order valence-corrected chi connectivity index (χ0v) is 12.2. The lowest BCUT2D eigenvalue weighted by atomic mass is 10.1. The summed E-state index contributed by atoms with van der Waals surface area (Å²) in [5.74, 6) is 0. The second kappa shape index (κ2) is 11.9. The summed E-state index contributed by atoms with van der Waals surface area (Å²) in [6, 6.07) is 0. The maximum atomic E-state index is 5.58. The van der Waals surface area contributed by atoms with Crippen LogP contribution in [0, 0.1) is 0 Å². The highest BCUT2D eigenvalue weighted by Gasteiger charge is 1.90. The van der Waals surface area contributed by atoms with Gasteiger partial charge in [-0.2, -0.15) is 0 Å². The first kappa shape index (κ1) is 16.4. The minimum absolute atomic E-state index is 0.757. The lowest BCUT2D eigenvalue weighted by molar-refractivity contribution is 0.192. The molecular formula is C16H30O. The monoisotopic (exact) mass is 238 g/mol. The van der Waals surface area contributed by atoms with E-state index < -0.39 is 0 Å². The van der Waals surface area contributed by atoms with Crippen molar-refractivity contribution < 1.29 is 4.74 Å². The fourth-order valence-corrected chi connectivity index (χ4v) is 1.59. The SMILES string of the molecule is CCCCC(C)=CCOCC=C(C)CCCC. The van der Waals surface area contributed by atoms with E-state index in [4.69, 9.17) is 4.74 Å². The summed E-state index contributed by atoms with van der Waals surface area (Å²) in [4.78, 5) is 0. The third-order valence-corrected chi connectivity index (χ3v) is 2.95. The van der Waals surface area contributed by atoms with Crippen molar-refractivity contribution in [1.82, 2.24) is 0 Å². The largest absolute Gasteiger partial charge is 0.373 e.